The summed E-state index contributed by atoms with van der Waals surface area (Å²) in [5.74, 6) is -2.32. The number of thioether (sulfide) groups is 1. The molecule has 0 amide bonds. The molecule has 0 aliphatic heterocycles. The third kappa shape index (κ3) is 5.10. The van der Waals surface area contributed by atoms with Crippen LogP contribution in [0.15, 0.2) is 23.8 Å². The molecule has 0 spiro atoms. The average molecular weight is 609 g/mol. The Bertz CT molecular complexity index is 1130. The second-order valence-electron chi connectivity index (χ2n) is 12.0. The normalized spacial score (nSPS) is 42.7. The van der Waals surface area contributed by atoms with E-state index in [1.54, 1.807) is 13.8 Å². The lowest BCUT2D eigenvalue weighted by molar-refractivity contribution is -0.221. The fourth-order valence-electron chi connectivity index (χ4n) is 7.78. The number of alkyl halides is 2. The van der Waals surface area contributed by atoms with Gasteiger partial charge in [0, 0.05) is 22.5 Å². The Kier molecular flexibility index (Phi) is 8.99. The smallest absolute Gasteiger partial charge is 0.327 e. The first-order chi connectivity index (χ1) is 18.5. The maximum Gasteiger partial charge on any atom is 0.327 e. The first-order valence-corrected chi connectivity index (χ1v) is 16.4. The Morgan fingerprint density at radius 3 is 2.45 bits per heavy atom. The number of ether oxygens (including phenoxy) is 2. The zero-order chi connectivity index (χ0) is 29.7. The minimum atomic E-state index is -4.12. The number of allylic oxidation sites excluding steroid dienone is 4. The molecule has 4 aliphatic rings. The third-order valence-electron chi connectivity index (χ3n) is 9.88. The van der Waals surface area contributed by atoms with E-state index in [4.69, 9.17) is 19.3 Å². The maximum atomic E-state index is 17.2. The van der Waals surface area contributed by atoms with E-state index in [0.29, 0.717) is 0 Å². The number of carbonyl (C=O) groups is 2. The van der Waals surface area contributed by atoms with Crippen LogP contribution in [0.3, 0.4) is 0 Å². The number of fused-ring (bicyclic) bond motifs is 5. The van der Waals surface area contributed by atoms with Gasteiger partial charge in [-0.2, -0.15) is 0 Å². The van der Waals surface area contributed by atoms with Gasteiger partial charge in [-0.25, -0.2) is 8.78 Å². The summed E-state index contributed by atoms with van der Waals surface area (Å²) in [6.07, 6.45) is -0.00862. The van der Waals surface area contributed by atoms with Crippen molar-refractivity contribution < 1.29 is 52.4 Å². The summed E-state index contributed by atoms with van der Waals surface area (Å²) in [5.41, 5.74) is -6.84. The number of aliphatic hydroxyl groups excluding tert-OH is 1. The Hall–Kier alpha value is -0.980. The highest BCUT2D eigenvalue weighted by atomic mass is 32.2. The van der Waals surface area contributed by atoms with Crippen LogP contribution in [0.25, 0.3) is 0 Å². The number of halogens is 2. The van der Waals surface area contributed by atoms with Crippen molar-refractivity contribution in [3.05, 3.63) is 23.8 Å². The summed E-state index contributed by atoms with van der Waals surface area (Å²) in [5, 5.41) is 22.8. The molecule has 3 fully saturated rings. The molecular weight excluding hydrogens is 569 g/mol. The molecule has 0 aromatic carbocycles. The molecule has 0 heterocycles. The summed E-state index contributed by atoms with van der Waals surface area (Å²) >= 11 is 0.885. The monoisotopic (exact) mass is 608 g/mol. The summed E-state index contributed by atoms with van der Waals surface area (Å²) in [4.78, 5) is 43.1. The van der Waals surface area contributed by atoms with E-state index in [-0.39, 0.29) is 63.2 Å². The SMILES string of the molecule is C[C@@H]1C[C@H]2[C@@H]3C[C@H](F)C4=CC(=O)C=C[C@]4(C)[C@@]3(F)[C@@H](O)C[C@]2(C)[C@@]1(O)C(=O)SCCOCCOCCP(=O)(O)O. The Morgan fingerprint density at radius 2 is 1.80 bits per heavy atom. The number of ketones is 1. The van der Waals surface area contributed by atoms with Crippen molar-refractivity contribution in [1.29, 1.82) is 0 Å². The van der Waals surface area contributed by atoms with Crippen molar-refractivity contribution in [2.75, 3.05) is 38.3 Å². The zero-order valence-electron chi connectivity index (χ0n) is 22.9. The van der Waals surface area contributed by atoms with E-state index in [1.165, 1.54) is 19.1 Å². The van der Waals surface area contributed by atoms with Crippen molar-refractivity contribution in [3.8, 4) is 0 Å². The molecule has 9 atom stereocenters. The molecule has 4 aliphatic carbocycles. The Morgan fingerprint density at radius 1 is 1.15 bits per heavy atom. The van der Waals surface area contributed by atoms with Crippen LogP contribution in [0.2, 0.25) is 0 Å². The summed E-state index contributed by atoms with van der Waals surface area (Å²) in [6, 6.07) is 0. The largest absolute Gasteiger partial charge is 0.390 e. The topological polar surface area (TPSA) is 151 Å². The van der Waals surface area contributed by atoms with Crippen LogP contribution in [-0.4, -0.2) is 92.8 Å². The van der Waals surface area contributed by atoms with Gasteiger partial charge in [-0.05, 0) is 55.7 Å². The van der Waals surface area contributed by atoms with E-state index in [2.05, 4.69) is 0 Å². The quantitative estimate of drug-likeness (QED) is 0.215. The molecular formula is C27H39F2O9PS. The minimum Gasteiger partial charge on any atom is -0.390 e. The van der Waals surface area contributed by atoms with Gasteiger partial charge in [-0.1, -0.05) is 31.7 Å². The number of hydrogen-bond acceptors (Lipinski definition) is 8. The molecule has 0 aromatic heterocycles. The molecule has 0 saturated heterocycles. The Balaban J connectivity index is 1.43. The van der Waals surface area contributed by atoms with Crippen LogP contribution in [0.1, 0.15) is 40.0 Å². The molecule has 0 radical (unpaired) electrons. The molecule has 9 nitrogen and oxygen atoms in total. The standard InChI is InChI=1S/C27H39F2O9PS/c1-16-12-18-19-14-21(28)20-13-17(30)4-5-24(20,2)26(19,29)22(31)15-25(18,3)27(16,33)23(32)40-11-9-38-7-6-37-8-10-39(34,35)36/h4-5,13,16,18-19,21-22,31,33H,6-12,14-15H2,1-3H3,(H2,34,35,36)/t16-,18+,19+,21+,22+,24+,25+,26+,27+/m1/s1. The number of rotatable bonds is 10. The van der Waals surface area contributed by atoms with Crippen LogP contribution >= 0.6 is 19.4 Å². The van der Waals surface area contributed by atoms with Gasteiger partial charge in [0.05, 0.1) is 38.7 Å². The van der Waals surface area contributed by atoms with Gasteiger partial charge in [-0.15, -0.1) is 0 Å². The zero-order valence-corrected chi connectivity index (χ0v) is 24.6. The van der Waals surface area contributed by atoms with Crippen molar-refractivity contribution in [2.45, 2.75) is 63.6 Å². The van der Waals surface area contributed by atoms with Gasteiger partial charge < -0.3 is 29.5 Å². The molecule has 226 valence electrons. The fraction of sp³-hybridized carbons (Fsp3) is 0.778. The number of aliphatic hydroxyl groups is 2. The maximum absolute atomic E-state index is 17.2. The lowest BCUT2D eigenvalue weighted by Gasteiger charge is -2.63. The number of hydrogen-bond donors (Lipinski definition) is 4. The third-order valence-corrected chi connectivity index (χ3v) is 11.6. The molecule has 4 rings (SSSR count). The lowest BCUT2D eigenvalue weighted by atomic mass is 9.44. The first kappa shape index (κ1) is 31.9. The highest BCUT2D eigenvalue weighted by Gasteiger charge is 2.76. The summed E-state index contributed by atoms with van der Waals surface area (Å²) < 4.78 is 54.1. The van der Waals surface area contributed by atoms with Crippen LogP contribution < -0.4 is 0 Å². The molecule has 13 heteroatoms. The minimum absolute atomic E-state index is 0.0292. The van der Waals surface area contributed by atoms with Gasteiger partial charge in [0.15, 0.2) is 11.5 Å². The predicted molar refractivity (Wildman–Crippen MR) is 144 cm³/mol. The van der Waals surface area contributed by atoms with E-state index in [1.807, 2.05) is 0 Å². The molecule has 0 unspecified atom stereocenters. The fourth-order valence-corrected chi connectivity index (χ4v) is 9.19. The van der Waals surface area contributed by atoms with E-state index >= 15 is 8.78 Å². The van der Waals surface area contributed by atoms with Crippen LogP contribution in [0, 0.1) is 28.6 Å². The van der Waals surface area contributed by atoms with Crippen LogP contribution in [0.4, 0.5) is 8.78 Å². The van der Waals surface area contributed by atoms with Crippen molar-refractivity contribution >= 4 is 30.3 Å². The highest BCUT2D eigenvalue weighted by Crippen LogP contribution is 2.71. The molecule has 40 heavy (non-hydrogen) atoms. The van der Waals surface area contributed by atoms with Crippen molar-refractivity contribution in [3.63, 3.8) is 0 Å². The van der Waals surface area contributed by atoms with Gasteiger partial charge in [0.2, 0.25) is 5.12 Å². The van der Waals surface area contributed by atoms with Gasteiger partial charge in [0.25, 0.3) is 0 Å². The average Bonchev–Trinajstić information content (AvgIpc) is 3.06. The second-order valence-corrected chi connectivity index (χ2v) is 14.9. The summed E-state index contributed by atoms with van der Waals surface area (Å²) in [6.45, 7) is 5.26. The van der Waals surface area contributed by atoms with E-state index < -0.39 is 70.6 Å². The molecule has 3 saturated carbocycles. The lowest BCUT2D eigenvalue weighted by Crippen LogP contribution is -2.70. The van der Waals surface area contributed by atoms with Gasteiger partial charge in [-0.3, -0.25) is 14.2 Å². The molecule has 4 N–H and O–H groups in total. The summed E-state index contributed by atoms with van der Waals surface area (Å²) in [7, 11) is -4.12. The van der Waals surface area contributed by atoms with Gasteiger partial charge >= 0.3 is 7.60 Å². The van der Waals surface area contributed by atoms with E-state index in [0.717, 1.165) is 17.8 Å². The molecule has 0 bridgehead atoms. The van der Waals surface area contributed by atoms with E-state index in [9.17, 15) is 24.4 Å². The number of carbonyl (C=O) groups excluding carboxylic acids is 2. The molecule has 0 aromatic rings. The predicted octanol–water partition coefficient (Wildman–Crippen LogP) is 2.75. The van der Waals surface area contributed by atoms with Crippen molar-refractivity contribution in [1.82, 2.24) is 0 Å². The highest BCUT2D eigenvalue weighted by molar-refractivity contribution is 8.13. The first-order valence-electron chi connectivity index (χ1n) is 13.6. The Labute approximate surface area is 236 Å². The van der Waals surface area contributed by atoms with Crippen molar-refractivity contribution in [2.24, 2.45) is 28.6 Å². The van der Waals surface area contributed by atoms with Crippen LogP contribution in [-0.2, 0) is 23.6 Å². The second kappa shape index (κ2) is 11.3. The van der Waals surface area contributed by atoms with Crippen LogP contribution in [0.5, 0.6) is 0 Å². The van der Waals surface area contributed by atoms with Gasteiger partial charge in [0.1, 0.15) is 11.8 Å².